The van der Waals surface area contributed by atoms with Gasteiger partial charge in [-0.2, -0.15) is 0 Å². The monoisotopic (exact) mass is 446 g/mol. The molecule has 2 aromatic heterocycles. The van der Waals surface area contributed by atoms with E-state index < -0.39 is 0 Å². The highest BCUT2D eigenvalue weighted by Gasteiger charge is 2.29. The molecule has 1 N–H and O–H groups in total. The van der Waals surface area contributed by atoms with Crippen LogP contribution in [0.2, 0.25) is 0 Å². The Balaban J connectivity index is 1.45. The minimum Gasteiger partial charge on any atom is -0.497 e. The standard InChI is InChI=1S/C26H30N4OS/c1-18-14-23-25(24-20(7-5-11-27-24)16-28-26(23)32-18)30-13-12-29(2)21(17-30)10-9-19-6-4-8-22(15-19)31-3/h4-8,11,14-16,21,28H,9-10,12-13,17H2,1-3H3. The lowest BCUT2D eigenvalue weighted by atomic mass is 10.0. The molecule has 32 heavy (non-hydrogen) atoms. The molecule has 1 fully saturated rings. The van der Waals surface area contributed by atoms with E-state index in [1.807, 2.05) is 29.7 Å². The van der Waals surface area contributed by atoms with Gasteiger partial charge in [-0.15, -0.1) is 11.3 Å². The van der Waals surface area contributed by atoms with Crippen LogP contribution in [0.3, 0.4) is 0 Å². The predicted octanol–water partition coefficient (Wildman–Crippen LogP) is 3.03. The molecule has 0 aliphatic carbocycles. The summed E-state index contributed by atoms with van der Waals surface area (Å²) in [5.74, 6) is 0.932. The lowest BCUT2D eigenvalue weighted by molar-refractivity contribution is 0.128. The van der Waals surface area contributed by atoms with E-state index >= 15 is 0 Å². The van der Waals surface area contributed by atoms with E-state index in [9.17, 15) is 0 Å². The van der Waals surface area contributed by atoms with Crippen molar-refractivity contribution in [3.63, 3.8) is 0 Å². The number of fused-ring (bicyclic) bond motifs is 2. The third kappa shape index (κ3) is 4.12. The van der Waals surface area contributed by atoms with Crippen LogP contribution in [0.25, 0.3) is 11.9 Å². The summed E-state index contributed by atoms with van der Waals surface area (Å²) in [5.41, 5.74) is 3.87. The highest BCUT2D eigenvalue weighted by molar-refractivity contribution is 7.16. The number of nitrogens with one attached hydrogen (secondary N) is 1. The van der Waals surface area contributed by atoms with Crippen LogP contribution in [0.15, 0.2) is 48.7 Å². The summed E-state index contributed by atoms with van der Waals surface area (Å²) in [4.78, 5) is 11.2. The number of ether oxygens (including phenoxy) is 1. The zero-order chi connectivity index (χ0) is 22.1. The van der Waals surface area contributed by atoms with Crippen LogP contribution in [-0.4, -0.2) is 54.6 Å². The first kappa shape index (κ1) is 21.0. The Hall–Kier alpha value is -2.83. The smallest absolute Gasteiger partial charge is 0.119 e. The van der Waals surface area contributed by atoms with Gasteiger partial charge in [0.1, 0.15) is 10.8 Å². The molecule has 0 spiro atoms. The Morgan fingerprint density at radius 2 is 2.09 bits per heavy atom. The highest BCUT2D eigenvalue weighted by Crippen LogP contribution is 2.35. The van der Waals surface area contributed by atoms with E-state index in [0.29, 0.717) is 6.04 Å². The van der Waals surface area contributed by atoms with Gasteiger partial charge in [-0.25, -0.2) is 0 Å². The number of benzene rings is 1. The molecule has 0 saturated carbocycles. The van der Waals surface area contributed by atoms with Crippen molar-refractivity contribution < 1.29 is 4.74 Å². The van der Waals surface area contributed by atoms with Gasteiger partial charge in [0.2, 0.25) is 0 Å². The van der Waals surface area contributed by atoms with Gasteiger partial charge in [0.25, 0.3) is 0 Å². The summed E-state index contributed by atoms with van der Waals surface area (Å²) in [7, 11) is 3.99. The van der Waals surface area contributed by atoms with Gasteiger partial charge in [0.15, 0.2) is 0 Å². The Morgan fingerprint density at radius 1 is 1.19 bits per heavy atom. The maximum Gasteiger partial charge on any atom is 0.119 e. The first-order valence-electron chi connectivity index (χ1n) is 11.2. The third-order valence-corrected chi connectivity index (χ3v) is 7.51. The van der Waals surface area contributed by atoms with E-state index in [-0.39, 0.29) is 0 Å². The van der Waals surface area contributed by atoms with Crippen molar-refractivity contribution in [2.45, 2.75) is 25.8 Å². The quantitative estimate of drug-likeness (QED) is 0.653. The number of thiophene rings is 1. The molecule has 5 rings (SSSR count). The average Bonchev–Trinajstić information content (AvgIpc) is 3.11. The number of anilines is 1. The van der Waals surface area contributed by atoms with Crippen molar-refractivity contribution in [1.29, 1.82) is 0 Å². The fourth-order valence-electron chi connectivity index (χ4n) is 4.74. The molecule has 2 aliphatic heterocycles. The molecule has 1 atom stereocenters. The highest BCUT2D eigenvalue weighted by atomic mass is 32.1. The molecule has 0 amide bonds. The summed E-state index contributed by atoms with van der Waals surface area (Å²) in [6, 6.07) is 15.4. The summed E-state index contributed by atoms with van der Waals surface area (Å²) in [6.07, 6.45) is 6.17. The third-order valence-electron chi connectivity index (χ3n) is 6.53. The zero-order valence-electron chi connectivity index (χ0n) is 19.0. The molecule has 1 unspecified atom stereocenters. The minimum absolute atomic E-state index is 0.484. The van der Waals surface area contributed by atoms with Crippen LogP contribution >= 0.6 is 11.3 Å². The van der Waals surface area contributed by atoms with Gasteiger partial charge < -0.3 is 15.0 Å². The van der Waals surface area contributed by atoms with E-state index in [1.165, 1.54) is 26.7 Å². The van der Waals surface area contributed by atoms with Gasteiger partial charge in [0, 0.05) is 53.7 Å². The fraction of sp³-hybridized carbons (Fsp3) is 0.346. The van der Waals surface area contributed by atoms with Crippen molar-refractivity contribution in [3.05, 3.63) is 75.2 Å². The minimum atomic E-state index is 0.484. The molecule has 6 heteroatoms. The Kier molecular flexibility index (Phi) is 5.89. The number of likely N-dealkylation sites (N-methyl/N-ethyl adjacent to an activating group) is 1. The van der Waals surface area contributed by atoms with Crippen molar-refractivity contribution in [1.82, 2.24) is 14.8 Å². The molecule has 166 valence electrons. The number of piperazine rings is 1. The molecule has 5 nitrogen and oxygen atoms in total. The summed E-state index contributed by atoms with van der Waals surface area (Å²) in [5, 5.41) is 6.97. The first-order valence-corrected chi connectivity index (χ1v) is 12.0. The Bertz CT molecular complexity index is 1230. The number of pyridine rings is 1. The van der Waals surface area contributed by atoms with Crippen LogP contribution < -0.4 is 20.6 Å². The van der Waals surface area contributed by atoms with Gasteiger partial charge in [-0.3, -0.25) is 9.88 Å². The number of rotatable bonds is 5. The topological polar surface area (TPSA) is 40.6 Å². The van der Waals surface area contributed by atoms with Gasteiger partial charge in [-0.05, 0) is 62.7 Å². The maximum atomic E-state index is 5.41. The van der Waals surface area contributed by atoms with Gasteiger partial charge >= 0.3 is 0 Å². The number of aryl methyl sites for hydroxylation is 2. The second-order valence-corrected chi connectivity index (χ2v) is 9.91. The molecule has 3 aromatic rings. The van der Waals surface area contributed by atoms with Crippen LogP contribution in [0.1, 0.15) is 22.4 Å². The number of hydrogen-bond acceptors (Lipinski definition) is 6. The number of aromatic nitrogens is 1. The van der Waals surface area contributed by atoms with E-state index in [1.54, 1.807) is 7.11 Å². The van der Waals surface area contributed by atoms with Crippen molar-refractivity contribution in [3.8, 4) is 5.75 Å². The second kappa shape index (κ2) is 8.96. The second-order valence-electron chi connectivity index (χ2n) is 8.65. The largest absolute Gasteiger partial charge is 0.497 e. The Morgan fingerprint density at radius 3 is 2.97 bits per heavy atom. The fourth-order valence-corrected chi connectivity index (χ4v) is 5.62. The molecule has 0 radical (unpaired) electrons. The van der Waals surface area contributed by atoms with Crippen LogP contribution in [0, 0.1) is 6.92 Å². The summed E-state index contributed by atoms with van der Waals surface area (Å²) < 4.78 is 5.41. The lowest BCUT2D eigenvalue weighted by Gasteiger charge is -2.41. The van der Waals surface area contributed by atoms with Crippen LogP contribution in [0.4, 0.5) is 5.00 Å². The number of nitrogens with zero attached hydrogens (tertiary/aromatic N) is 3. The SMILES string of the molecule is COc1cccc(CCC2CN(C3=c4ncccc4=CNc4sc(C)cc43)CCN2C)c1. The van der Waals surface area contributed by atoms with Crippen LogP contribution in [-0.2, 0) is 6.42 Å². The molecule has 1 aromatic carbocycles. The Labute approximate surface area is 193 Å². The van der Waals surface area contributed by atoms with Crippen molar-refractivity contribution in [2.75, 3.05) is 39.1 Å². The molecule has 2 aliphatic rings. The van der Waals surface area contributed by atoms with E-state index in [4.69, 9.17) is 9.72 Å². The lowest BCUT2D eigenvalue weighted by Crippen LogP contribution is -2.52. The van der Waals surface area contributed by atoms with E-state index in [2.05, 4.69) is 65.6 Å². The average molecular weight is 447 g/mol. The number of methoxy groups -OCH3 is 1. The first-order chi connectivity index (χ1) is 15.6. The molecular formula is C26H30N4OS. The molecule has 0 bridgehead atoms. The van der Waals surface area contributed by atoms with E-state index in [0.717, 1.165) is 48.8 Å². The normalized spacial score (nSPS) is 18.3. The van der Waals surface area contributed by atoms with Crippen LogP contribution in [0.5, 0.6) is 5.75 Å². The summed E-state index contributed by atoms with van der Waals surface area (Å²) >= 11 is 1.81. The van der Waals surface area contributed by atoms with Crippen molar-refractivity contribution in [2.24, 2.45) is 0 Å². The van der Waals surface area contributed by atoms with Gasteiger partial charge in [0.05, 0.1) is 18.2 Å². The maximum absolute atomic E-state index is 5.41. The summed E-state index contributed by atoms with van der Waals surface area (Å²) in [6.45, 7) is 5.23. The molecular weight excluding hydrogens is 416 g/mol. The van der Waals surface area contributed by atoms with Gasteiger partial charge in [-0.1, -0.05) is 12.1 Å². The van der Waals surface area contributed by atoms with Crippen molar-refractivity contribution >= 4 is 28.2 Å². The molecule has 4 heterocycles. The molecule has 1 saturated heterocycles. The predicted molar refractivity (Wildman–Crippen MR) is 132 cm³/mol. The number of hydrogen-bond donors (Lipinski definition) is 1. The zero-order valence-corrected chi connectivity index (χ0v) is 19.8.